The Kier molecular flexibility index (Phi) is 5.79. The van der Waals surface area contributed by atoms with E-state index in [9.17, 15) is 15.0 Å². The van der Waals surface area contributed by atoms with Crippen molar-refractivity contribution in [3.05, 3.63) is 30.3 Å². The van der Waals surface area contributed by atoms with Gasteiger partial charge in [-0.3, -0.25) is 0 Å². The predicted molar refractivity (Wildman–Crippen MR) is 78.6 cm³/mol. The molecule has 0 amide bonds. The second kappa shape index (κ2) is 7.82. The molecule has 2 rings (SSSR count). The standard InChI is InChI=1S/C17H20O4/c18-11-10-16-13(7-9-17(16)20)6-8-14(19)12-21-15-4-2-1-3-5-15/h1-5,11,13-14,16-17,19-20H,7,9-10,12H2/t13-,14?,16+,17-/m1/s1. The van der Waals surface area contributed by atoms with Crippen LogP contribution in [-0.2, 0) is 4.79 Å². The van der Waals surface area contributed by atoms with Gasteiger partial charge < -0.3 is 19.7 Å². The van der Waals surface area contributed by atoms with Gasteiger partial charge in [0.05, 0.1) is 6.10 Å². The van der Waals surface area contributed by atoms with Crippen molar-refractivity contribution >= 4 is 6.29 Å². The summed E-state index contributed by atoms with van der Waals surface area (Å²) in [6.07, 6.45) is 1.22. The van der Waals surface area contributed by atoms with E-state index in [1.165, 1.54) is 0 Å². The lowest BCUT2D eigenvalue weighted by molar-refractivity contribution is -0.109. The Balaban J connectivity index is 1.85. The summed E-state index contributed by atoms with van der Waals surface area (Å²) in [5, 5.41) is 19.6. The van der Waals surface area contributed by atoms with Crippen molar-refractivity contribution in [3.63, 3.8) is 0 Å². The van der Waals surface area contributed by atoms with Crippen LogP contribution in [0.2, 0.25) is 0 Å². The normalized spacial score (nSPS) is 25.7. The van der Waals surface area contributed by atoms with Crippen LogP contribution in [-0.4, -0.2) is 35.3 Å². The van der Waals surface area contributed by atoms with Crippen LogP contribution in [0.15, 0.2) is 30.3 Å². The first-order valence-electron chi connectivity index (χ1n) is 7.19. The molecule has 112 valence electrons. The molecule has 0 saturated heterocycles. The fraction of sp³-hybridized carbons (Fsp3) is 0.471. The van der Waals surface area contributed by atoms with Gasteiger partial charge in [-0.05, 0) is 25.0 Å². The summed E-state index contributed by atoms with van der Waals surface area (Å²) in [7, 11) is 0. The van der Waals surface area contributed by atoms with Gasteiger partial charge in [0, 0.05) is 18.3 Å². The summed E-state index contributed by atoms with van der Waals surface area (Å²) in [5.74, 6) is 6.29. The second-order valence-corrected chi connectivity index (χ2v) is 5.25. The summed E-state index contributed by atoms with van der Waals surface area (Å²) in [6, 6.07) is 9.23. The van der Waals surface area contributed by atoms with Gasteiger partial charge in [-0.25, -0.2) is 0 Å². The van der Waals surface area contributed by atoms with Gasteiger partial charge >= 0.3 is 0 Å². The van der Waals surface area contributed by atoms with E-state index in [4.69, 9.17) is 4.74 Å². The van der Waals surface area contributed by atoms with Gasteiger partial charge in [-0.15, -0.1) is 0 Å². The smallest absolute Gasteiger partial charge is 0.148 e. The minimum Gasteiger partial charge on any atom is -0.490 e. The SMILES string of the molecule is O=CC[C@@H]1[C@H](O)CC[C@H]1C#CC(O)COc1ccccc1. The van der Waals surface area contributed by atoms with Crippen molar-refractivity contribution in [1.29, 1.82) is 0 Å². The first kappa shape index (κ1) is 15.6. The number of aliphatic hydroxyl groups is 2. The van der Waals surface area contributed by atoms with Crippen molar-refractivity contribution < 1.29 is 19.7 Å². The van der Waals surface area contributed by atoms with Crippen LogP contribution < -0.4 is 4.74 Å². The maximum absolute atomic E-state index is 10.6. The number of ether oxygens (including phenoxy) is 1. The fourth-order valence-corrected chi connectivity index (χ4v) is 2.60. The maximum Gasteiger partial charge on any atom is 0.148 e. The number of para-hydroxylation sites is 1. The Morgan fingerprint density at radius 1 is 1.33 bits per heavy atom. The molecule has 1 aliphatic rings. The van der Waals surface area contributed by atoms with E-state index in [-0.39, 0.29) is 18.4 Å². The maximum atomic E-state index is 10.6. The van der Waals surface area contributed by atoms with Gasteiger partial charge in [-0.2, -0.15) is 0 Å². The highest BCUT2D eigenvalue weighted by Gasteiger charge is 2.33. The highest BCUT2D eigenvalue weighted by Crippen LogP contribution is 2.33. The molecule has 1 aliphatic carbocycles. The van der Waals surface area contributed by atoms with Crippen LogP contribution in [0.3, 0.4) is 0 Å². The number of aliphatic hydroxyl groups excluding tert-OH is 2. The van der Waals surface area contributed by atoms with E-state index >= 15 is 0 Å². The molecule has 2 N–H and O–H groups in total. The molecule has 0 heterocycles. The van der Waals surface area contributed by atoms with Gasteiger partial charge in [0.25, 0.3) is 0 Å². The first-order valence-corrected chi connectivity index (χ1v) is 7.19. The third-order valence-electron chi connectivity index (χ3n) is 3.74. The number of rotatable bonds is 5. The summed E-state index contributed by atoms with van der Waals surface area (Å²) in [4.78, 5) is 10.6. The van der Waals surface area contributed by atoms with E-state index in [0.29, 0.717) is 18.6 Å². The van der Waals surface area contributed by atoms with E-state index in [2.05, 4.69) is 11.8 Å². The Morgan fingerprint density at radius 2 is 2.10 bits per heavy atom. The van der Waals surface area contributed by atoms with Crippen LogP contribution in [0, 0.1) is 23.7 Å². The van der Waals surface area contributed by atoms with Crippen LogP contribution in [0.25, 0.3) is 0 Å². The summed E-state index contributed by atoms with van der Waals surface area (Å²) >= 11 is 0. The molecule has 21 heavy (non-hydrogen) atoms. The molecule has 0 bridgehead atoms. The first-order chi connectivity index (χ1) is 10.2. The number of carbonyl (C=O) groups is 1. The fourth-order valence-electron chi connectivity index (χ4n) is 2.60. The van der Waals surface area contributed by atoms with Crippen molar-refractivity contribution in [2.45, 2.75) is 31.5 Å². The van der Waals surface area contributed by atoms with Gasteiger partial charge in [0.15, 0.2) is 0 Å². The zero-order chi connectivity index (χ0) is 15.1. The quantitative estimate of drug-likeness (QED) is 0.635. The summed E-state index contributed by atoms with van der Waals surface area (Å²) < 4.78 is 5.42. The monoisotopic (exact) mass is 288 g/mol. The van der Waals surface area contributed by atoms with Crippen LogP contribution >= 0.6 is 0 Å². The molecule has 0 aliphatic heterocycles. The van der Waals surface area contributed by atoms with Crippen LogP contribution in [0.1, 0.15) is 19.3 Å². The molecule has 4 atom stereocenters. The number of benzene rings is 1. The Bertz CT molecular complexity index is 503. The number of aldehydes is 1. The van der Waals surface area contributed by atoms with Gasteiger partial charge in [0.1, 0.15) is 24.7 Å². The van der Waals surface area contributed by atoms with Crippen LogP contribution in [0.4, 0.5) is 0 Å². The molecule has 4 heteroatoms. The molecule has 1 aromatic carbocycles. The van der Waals surface area contributed by atoms with Crippen molar-refractivity contribution in [1.82, 2.24) is 0 Å². The topological polar surface area (TPSA) is 66.8 Å². The molecule has 4 nitrogen and oxygen atoms in total. The highest BCUT2D eigenvalue weighted by atomic mass is 16.5. The third kappa shape index (κ3) is 4.59. The highest BCUT2D eigenvalue weighted by molar-refractivity contribution is 5.50. The molecule has 1 saturated carbocycles. The van der Waals surface area contributed by atoms with E-state index < -0.39 is 12.2 Å². The zero-order valence-electron chi connectivity index (χ0n) is 11.8. The largest absolute Gasteiger partial charge is 0.490 e. The van der Waals surface area contributed by atoms with Gasteiger partial charge in [0.2, 0.25) is 0 Å². The molecule has 1 aromatic rings. The van der Waals surface area contributed by atoms with E-state index in [0.717, 1.165) is 12.7 Å². The lowest BCUT2D eigenvalue weighted by Crippen LogP contribution is -2.20. The van der Waals surface area contributed by atoms with E-state index in [1.54, 1.807) is 0 Å². The van der Waals surface area contributed by atoms with Gasteiger partial charge in [-0.1, -0.05) is 30.0 Å². The van der Waals surface area contributed by atoms with Crippen molar-refractivity contribution in [2.24, 2.45) is 11.8 Å². The van der Waals surface area contributed by atoms with E-state index in [1.807, 2.05) is 30.3 Å². The number of carbonyl (C=O) groups excluding carboxylic acids is 1. The molecule has 0 aromatic heterocycles. The Morgan fingerprint density at radius 3 is 2.81 bits per heavy atom. The minimum absolute atomic E-state index is 0.0309. The average Bonchev–Trinajstić information content (AvgIpc) is 2.85. The number of hydrogen-bond donors (Lipinski definition) is 2. The number of hydrogen-bond acceptors (Lipinski definition) is 4. The molecule has 1 unspecified atom stereocenters. The zero-order valence-corrected chi connectivity index (χ0v) is 11.8. The third-order valence-corrected chi connectivity index (χ3v) is 3.74. The lowest BCUT2D eigenvalue weighted by atomic mass is 9.92. The average molecular weight is 288 g/mol. The summed E-state index contributed by atoms with van der Waals surface area (Å²) in [6.45, 7) is 0.102. The predicted octanol–water partition coefficient (Wildman–Crippen LogP) is 1.41. The minimum atomic E-state index is -0.875. The van der Waals surface area contributed by atoms with Crippen molar-refractivity contribution in [2.75, 3.05) is 6.61 Å². The summed E-state index contributed by atoms with van der Waals surface area (Å²) in [5.41, 5.74) is 0. The van der Waals surface area contributed by atoms with Crippen molar-refractivity contribution in [3.8, 4) is 17.6 Å². The molecular formula is C17H20O4. The second-order valence-electron chi connectivity index (χ2n) is 5.25. The molecule has 1 fully saturated rings. The lowest BCUT2D eigenvalue weighted by Gasteiger charge is -2.15. The Hall–Kier alpha value is -1.83. The molecule has 0 radical (unpaired) electrons. The molecular weight excluding hydrogens is 268 g/mol. The molecule has 0 spiro atoms. The van der Waals surface area contributed by atoms with Crippen LogP contribution in [0.5, 0.6) is 5.75 Å². The Labute approximate surface area is 124 Å².